The summed E-state index contributed by atoms with van der Waals surface area (Å²) in [6, 6.07) is 0. The van der Waals surface area contributed by atoms with Crippen molar-refractivity contribution in [2.24, 2.45) is 23.7 Å². The molecular formula is C13H24O. The van der Waals surface area contributed by atoms with Crippen LogP contribution in [0.1, 0.15) is 53.4 Å². The van der Waals surface area contributed by atoms with Crippen molar-refractivity contribution >= 4 is 5.78 Å². The van der Waals surface area contributed by atoms with Crippen molar-refractivity contribution in [3.05, 3.63) is 0 Å². The highest BCUT2D eigenvalue weighted by molar-refractivity contribution is 5.75. The van der Waals surface area contributed by atoms with Crippen LogP contribution in [0.25, 0.3) is 0 Å². The Kier molecular flexibility index (Phi) is 4.15. The highest BCUT2D eigenvalue weighted by Crippen LogP contribution is 2.39. The van der Waals surface area contributed by atoms with E-state index in [4.69, 9.17) is 0 Å². The molecule has 1 rings (SSSR count). The molecule has 0 aromatic heterocycles. The fourth-order valence-corrected chi connectivity index (χ4v) is 3.00. The zero-order valence-corrected chi connectivity index (χ0v) is 10.0. The second-order valence-corrected chi connectivity index (χ2v) is 5.49. The Morgan fingerprint density at radius 1 is 1.36 bits per heavy atom. The molecule has 0 N–H and O–H groups in total. The molecule has 3 unspecified atom stereocenters. The molecule has 0 bridgehead atoms. The second-order valence-electron chi connectivity index (χ2n) is 5.49. The molecule has 0 amide bonds. The minimum atomic E-state index is 0.370. The van der Waals surface area contributed by atoms with Gasteiger partial charge in [-0.25, -0.2) is 0 Å². The van der Waals surface area contributed by atoms with Crippen molar-refractivity contribution in [2.45, 2.75) is 53.4 Å². The molecule has 82 valence electrons. The van der Waals surface area contributed by atoms with Gasteiger partial charge < -0.3 is 4.79 Å². The average molecular weight is 196 g/mol. The smallest absolute Gasteiger partial charge is 0.130 e. The van der Waals surface area contributed by atoms with Crippen molar-refractivity contribution < 1.29 is 4.79 Å². The molecule has 0 heterocycles. The van der Waals surface area contributed by atoms with Crippen LogP contribution >= 0.6 is 0 Å². The molecule has 0 aromatic rings. The fourth-order valence-electron chi connectivity index (χ4n) is 3.00. The molecule has 0 aliphatic heterocycles. The van der Waals surface area contributed by atoms with Gasteiger partial charge in [-0.3, -0.25) is 0 Å². The molecule has 1 aliphatic carbocycles. The van der Waals surface area contributed by atoms with Crippen LogP contribution in [0, 0.1) is 23.7 Å². The molecule has 0 radical (unpaired) electrons. The van der Waals surface area contributed by atoms with Gasteiger partial charge in [0.2, 0.25) is 0 Å². The summed E-state index contributed by atoms with van der Waals surface area (Å²) < 4.78 is 0. The molecule has 1 aliphatic rings. The van der Waals surface area contributed by atoms with Gasteiger partial charge in [-0.2, -0.15) is 0 Å². The van der Waals surface area contributed by atoms with E-state index in [2.05, 4.69) is 20.8 Å². The summed E-state index contributed by atoms with van der Waals surface area (Å²) in [5.74, 6) is 3.39. The zero-order chi connectivity index (χ0) is 10.7. The monoisotopic (exact) mass is 196 g/mol. The van der Waals surface area contributed by atoms with Crippen LogP contribution in [0.2, 0.25) is 0 Å². The van der Waals surface area contributed by atoms with Gasteiger partial charge in [-0.1, -0.05) is 27.2 Å². The molecular weight excluding hydrogens is 172 g/mol. The van der Waals surface area contributed by atoms with Crippen LogP contribution in [-0.4, -0.2) is 5.78 Å². The molecule has 0 saturated heterocycles. The van der Waals surface area contributed by atoms with E-state index in [1.54, 1.807) is 6.92 Å². The minimum Gasteiger partial charge on any atom is -0.300 e. The number of rotatable bonds is 3. The number of carbonyl (C=O) groups is 1. The van der Waals surface area contributed by atoms with E-state index in [0.29, 0.717) is 11.7 Å². The maximum absolute atomic E-state index is 11.2. The third-order valence-corrected chi connectivity index (χ3v) is 3.71. The van der Waals surface area contributed by atoms with Gasteiger partial charge >= 0.3 is 0 Å². The van der Waals surface area contributed by atoms with Crippen molar-refractivity contribution in [3.63, 3.8) is 0 Å². The highest BCUT2D eigenvalue weighted by atomic mass is 16.1. The Hall–Kier alpha value is -0.330. The topological polar surface area (TPSA) is 17.1 Å². The third-order valence-electron chi connectivity index (χ3n) is 3.71. The lowest BCUT2D eigenvalue weighted by molar-refractivity contribution is -0.118. The van der Waals surface area contributed by atoms with Gasteiger partial charge in [0.25, 0.3) is 0 Å². The summed E-state index contributed by atoms with van der Waals surface area (Å²) in [5.41, 5.74) is 0. The summed E-state index contributed by atoms with van der Waals surface area (Å²) in [6.07, 6.45) is 4.77. The summed E-state index contributed by atoms with van der Waals surface area (Å²) in [4.78, 5) is 11.2. The van der Waals surface area contributed by atoms with Gasteiger partial charge in [0.05, 0.1) is 0 Å². The first-order valence-electron chi connectivity index (χ1n) is 6.00. The van der Waals surface area contributed by atoms with Crippen LogP contribution in [0.5, 0.6) is 0 Å². The number of Topliss-reactive ketones (excluding diaryl/α,β-unsaturated/α-hetero) is 1. The molecule has 0 aromatic carbocycles. The quantitative estimate of drug-likeness (QED) is 0.673. The van der Waals surface area contributed by atoms with Crippen molar-refractivity contribution in [1.82, 2.24) is 0 Å². The Morgan fingerprint density at radius 3 is 2.50 bits per heavy atom. The Bertz CT molecular complexity index is 195. The van der Waals surface area contributed by atoms with E-state index in [0.717, 1.165) is 24.2 Å². The number of hydrogen-bond acceptors (Lipinski definition) is 1. The molecule has 14 heavy (non-hydrogen) atoms. The molecule has 0 spiro atoms. The fraction of sp³-hybridized carbons (Fsp3) is 0.923. The standard InChI is InChI=1S/C13H24O/c1-9(2)13-6-5-10(3)7-12(13)8-11(4)14/h9-10,12-13H,5-8H2,1-4H3. The lowest BCUT2D eigenvalue weighted by Gasteiger charge is -2.37. The summed E-state index contributed by atoms with van der Waals surface area (Å²) in [7, 11) is 0. The van der Waals surface area contributed by atoms with Gasteiger partial charge in [-0.05, 0) is 43.4 Å². The van der Waals surface area contributed by atoms with E-state index in [1.165, 1.54) is 19.3 Å². The number of carbonyl (C=O) groups excluding carboxylic acids is 1. The van der Waals surface area contributed by atoms with Gasteiger partial charge in [0.15, 0.2) is 0 Å². The van der Waals surface area contributed by atoms with Crippen molar-refractivity contribution in [2.75, 3.05) is 0 Å². The maximum atomic E-state index is 11.2. The third kappa shape index (κ3) is 3.11. The van der Waals surface area contributed by atoms with Crippen LogP contribution < -0.4 is 0 Å². The van der Waals surface area contributed by atoms with Crippen LogP contribution in [0.4, 0.5) is 0 Å². The normalized spacial score (nSPS) is 33.4. The Balaban J connectivity index is 2.58. The molecule has 3 atom stereocenters. The van der Waals surface area contributed by atoms with E-state index in [1.807, 2.05) is 0 Å². The van der Waals surface area contributed by atoms with Gasteiger partial charge in [-0.15, -0.1) is 0 Å². The van der Waals surface area contributed by atoms with Crippen molar-refractivity contribution in [1.29, 1.82) is 0 Å². The highest BCUT2D eigenvalue weighted by Gasteiger charge is 2.30. The van der Waals surface area contributed by atoms with Crippen LogP contribution in [0.15, 0.2) is 0 Å². The minimum absolute atomic E-state index is 0.370. The van der Waals surface area contributed by atoms with Crippen LogP contribution in [0.3, 0.4) is 0 Å². The number of ketones is 1. The lowest BCUT2D eigenvalue weighted by Crippen LogP contribution is -2.28. The van der Waals surface area contributed by atoms with E-state index in [9.17, 15) is 4.79 Å². The average Bonchev–Trinajstić information content (AvgIpc) is 2.01. The second kappa shape index (κ2) is 4.95. The van der Waals surface area contributed by atoms with Crippen LogP contribution in [-0.2, 0) is 4.79 Å². The van der Waals surface area contributed by atoms with E-state index < -0.39 is 0 Å². The van der Waals surface area contributed by atoms with Crippen molar-refractivity contribution in [3.8, 4) is 0 Å². The largest absolute Gasteiger partial charge is 0.300 e. The summed E-state index contributed by atoms with van der Waals surface area (Å²) in [6.45, 7) is 8.65. The molecule has 1 nitrogen and oxygen atoms in total. The summed E-state index contributed by atoms with van der Waals surface area (Å²) >= 11 is 0. The van der Waals surface area contributed by atoms with Gasteiger partial charge in [0.1, 0.15) is 5.78 Å². The first-order valence-corrected chi connectivity index (χ1v) is 6.00. The maximum Gasteiger partial charge on any atom is 0.130 e. The molecule has 1 fully saturated rings. The lowest BCUT2D eigenvalue weighted by atomic mass is 9.68. The predicted molar refractivity (Wildman–Crippen MR) is 60.1 cm³/mol. The summed E-state index contributed by atoms with van der Waals surface area (Å²) in [5, 5.41) is 0. The molecule has 1 heteroatoms. The number of hydrogen-bond donors (Lipinski definition) is 0. The Morgan fingerprint density at radius 2 is 2.00 bits per heavy atom. The first-order chi connectivity index (χ1) is 6.50. The van der Waals surface area contributed by atoms with E-state index >= 15 is 0 Å². The van der Waals surface area contributed by atoms with E-state index in [-0.39, 0.29) is 0 Å². The zero-order valence-electron chi connectivity index (χ0n) is 10.0. The van der Waals surface area contributed by atoms with Gasteiger partial charge in [0, 0.05) is 6.42 Å². The predicted octanol–water partition coefficient (Wildman–Crippen LogP) is 3.67. The Labute approximate surface area is 88.3 Å². The first kappa shape index (κ1) is 11.7. The molecule has 1 saturated carbocycles. The SMILES string of the molecule is CC(=O)CC1CC(C)CCC1C(C)C.